The number of carbonyl (C=O) groups is 1. The summed E-state index contributed by atoms with van der Waals surface area (Å²) in [6.07, 6.45) is 4.08. The minimum absolute atomic E-state index is 0.248. The van der Waals surface area contributed by atoms with E-state index < -0.39 is 0 Å². The van der Waals surface area contributed by atoms with Crippen LogP contribution in [0.5, 0.6) is 0 Å². The van der Waals surface area contributed by atoms with Crippen molar-refractivity contribution in [3.8, 4) is 0 Å². The van der Waals surface area contributed by atoms with Crippen molar-refractivity contribution in [2.75, 3.05) is 17.2 Å². The molecule has 0 atom stereocenters. The van der Waals surface area contributed by atoms with Gasteiger partial charge in [-0.3, -0.25) is 4.79 Å². The molecule has 0 fully saturated rings. The van der Waals surface area contributed by atoms with Gasteiger partial charge in [-0.2, -0.15) is 0 Å². The Morgan fingerprint density at radius 2 is 1.86 bits per heavy atom. The van der Waals surface area contributed by atoms with Crippen LogP contribution in [0.25, 0.3) is 0 Å². The first-order valence-electron chi connectivity index (χ1n) is 7.05. The van der Waals surface area contributed by atoms with Gasteiger partial charge in [0, 0.05) is 12.2 Å². The molecule has 0 aliphatic rings. The number of anilines is 2. The molecule has 1 heterocycles. The van der Waals surface area contributed by atoms with Crippen molar-refractivity contribution in [3.63, 3.8) is 0 Å². The molecule has 0 aliphatic heterocycles. The normalized spacial score (nSPS) is 10.2. The molecule has 5 heteroatoms. The van der Waals surface area contributed by atoms with Crippen LogP contribution in [0.15, 0.2) is 30.6 Å². The Bertz CT molecular complexity index is 602. The first kappa shape index (κ1) is 15.0. The molecule has 21 heavy (non-hydrogen) atoms. The van der Waals surface area contributed by atoms with Crippen molar-refractivity contribution in [2.45, 2.75) is 27.2 Å². The summed E-state index contributed by atoms with van der Waals surface area (Å²) in [5.74, 6) is 0.433. The second-order valence-corrected chi connectivity index (χ2v) is 4.93. The van der Waals surface area contributed by atoms with E-state index in [0.717, 1.165) is 29.8 Å². The smallest absolute Gasteiger partial charge is 0.275 e. The summed E-state index contributed by atoms with van der Waals surface area (Å²) in [6.45, 7) is 6.84. The second-order valence-electron chi connectivity index (χ2n) is 4.93. The van der Waals surface area contributed by atoms with Gasteiger partial charge < -0.3 is 10.6 Å². The van der Waals surface area contributed by atoms with Gasteiger partial charge in [-0.05, 0) is 31.4 Å². The van der Waals surface area contributed by atoms with Crippen molar-refractivity contribution in [2.24, 2.45) is 0 Å². The van der Waals surface area contributed by atoms with Crippen LogP contribution in [0.4, 0.5) is 11.5 Å². The van der Waals surface area contributed by atoms with Crippen LogP contribution in [0, 0.1) is 13.8 Å². The second kappa shape index (κ2) is 6.83. The number of benzene rings is 1. The highest BCUT2D eigenvalue weighted by Gasteiger charge is 2.11. The molecule has 2 rings (SSSR count). The highest BCUT2D eigenvalue weighted by Crippen LogP contribution is 2.20. The average molecular weight is 284 g/mol. The third-order valence-corrected chi connectivity index (χ3v) is 3.16. The van der Waals surface area contributed by atoms with Crippen LogP contribution in [-0.2, 0) is 0 Å². The van der Waals surface area contributed by atoms with Crippen LogP contribution in [-0.4, -0.2) is 22.4 Å². The fourth-order valence-electron chi connectivity index (χ4n) is 1.98. The number of carbonyl (C=O) groups excluding carboxylic acids is 1. The minimum Gasteiger partial charge on any atom is -0.369 e. The van der Waals surface area contributed by atoms with Crippen molar-refractivity contribution >= 4 is 17.4 Å². The molecule has 110 valence electrons. The Morgan fingerprint density at radius 1 is 1.14 bits per heavy atom. The number of hydrogen-bond acceptors (Lipinski definition) is 4. The molecule has 2 aromatic rings. The topological polar surface area (TPSA) is 66.9 Å². The molecule has 0 spiro atoms. The van der Waals surface area contributed by atoms with Gasteiger partial charge in [-0.25, -0.2) is 9.97 Å². The number of aryl methyl sites for hydroxylation is 2. The number of rotatable bonds is 5. The molecule has 1 amide bonds. The average Bonchev–Trinajstić information content (AvgIpc) is 2.49. The van der Waals surface area contributed by atoms with Gasteiger partial charge in [0.2, 0.25) is 0 Å². The molecule has 0 bridgehead atoms. The highest BCUT2D eigenvalue weighted by atomic mass is 16.1. The van der Waals surface area contributed by atoms with Crippen molar-refractivity contribution < 1.29 is 4.79 Å². The summed E-state index contributed by atoms with van der Waals surface area (Å²) in [4.78, 5) is 20.5. The predicted octanol–water partition coefficient (Wildman–Crippen LogP) is 3.17. The predicted molar refractivity (Wildman–Crippen MR) is 84.7 cm³/mol. The molecule has 0 saturated heterocycles. The molecule has 1 aromatic carbocycles. The van der Waals surface area contributed by atoms with E-state index in [4.69, 9.17) is 0 Å². The minimum atomic E-state index is -0.248. The Balaban J connectivity index is 2.10. The lowest BCUT2D eigenvalue weighted by atomic mass is 10.1. The van der Waals surface area contributed by atoms with Crippen LogP contribution in [0.2, 0.25) is 0 Å². The highest BCUT2D eigenvalue weighted by molar-refractivity contribution is 6.03. The number of hydrogen-bond donors (Lipinski definition) is 2. The first-order valence-corrected chi connectivity index (χ1v) is 7.05. The van der Waals surface area contributed by atoms with Gasteiger partial charge in [-0.15, -0.1) is 0 Å². The number of nitrogens with one attached hydrogen (secondary N) is 2. The number of nitrogens with zero attached hydrogens (tertiary/aromatic N) is 2. The Labute approximate surface area is 124 Å². The summed E-state index contributed by atoms with van der Waals surface area (Å²) in [5, 5.41) is 6.02. The molecule has 0 unspecified atom stereocenters. The number of amides is 1. The van der Waals surface area contributed by atoms with E-state index in [1.165, 1.54) is 6.20 Å². The molecule has 5 nitrogen and oxygen atoms in total. The van der Waals surface area contributed by atoms with Gasteiger partial charge in [0.05, 0.1) is 12.4 Å². The van der Waals surface area contributed by atoms with Crippen LogP contribution >= 0.6 is 0 Å². The maximum absolute atomic E-state index is 12.2. The summed E-state index contributed by atoms with van der Waals surface area (Å²) in [6, 6.07) is 5.90. The van der Waals surface area contributed by atoms with Crippen LogP contribution < -0.4 is 10.6 Å². The van der Waals surface area contributed by atoms with Gasteiger partial charge in [0.25, 0.3) is 5.91 Å². The summed E-state index contributed by atoms with van der Waals surface area (Å²) >= 11 is 0. The van der Waals surface area contributed by atoms with E-state index in [1.54, 1.807) is 6.20 Å². The lowest BCUT2D eigenvalue weighted by molar-refractivity contribution is 0.102. The van der Waals surface area contributed by atoms with E-state index in [0.29, 0.717) is 11.5 Å². The molecule has 0 radical (unpaired) electrons. The zero-order chi connectivity index (χ0) is 15.2. The Morgan fingerprint density at radius 3 is 2.43 bits per heavy atom. The van der Waals surface area contributed by atoms with E-state index in [1.807, 2.05) is 32.0 Å². The zero-order valence-corrected chi connectivity index (χ0v) is 12.6. The Hall–Kier alpha value is -2.43. The standard InChI is InChI=1S/C16H20N4O/c1-4-8-17-14-10-18-13(9-19-14)16(21)20-15-11(2)6-5-7-12(15)3/h5-7,9-10H,4,8H2,1-3H3,(H,17,19)(H,20,21). The van der Waals surface area contributed by atoms with Gasteiger partial charge in [0.1, 0.15) is 11.5 Å². The fourth-order valence-corrected chi connectivity index (χ4v) is 1.98. The molecular weight excluding hydrogens is 264 g/mol. The first-order chi connectivity index (χ1) is 10.1. The van der Waals surface area contributed by atoms with E-state index >= 15 is 0 Å². The lowest BCUT2D eigenvalue weighted by Gasteiger charge is -2.11. The zero-order valence-electron chi connectivity index (χ0n) is 12.6. The molecule has 2 N–H and O–H groups in total. The molecule has 0 saturated carbocycles. The lowest BCUT2D eigenvalue weighted by Crippen LogP contribution is -2.16. The van der Waals surface area contributed by atoms with Crippen molar-refractivity contribution in [1.82, 2.24) is 9.97 Å². The summed E-state index contributed by atoms with van der Waals surface area (Å²) < 4.78 is 0. The molecular formula is C16H20N4O. The third-order valence-electron chi connectivity index (χ3n) is 3.16. The Kier molecular flexibility index (Phi) is 4.87. The summed E-state index contributed by atoms with van der Waals surface area (Å²) in [5.41, 5.74) is 3.19. The maximum atomic E-state index is 12.2. The fraction of sp³-hybridized carbons (Fsp3) is 0.312. The SMILES string of the molecule is CCCNc1cnc(C(=O)Nc2c(C)cccc2C)cn1. The van der Waals surface area contributed by atoms with Crippen LogP contribution in [0.3, 0.4) is 0 Å². The maximum Gasteiger partial charge on any atom is 0.275 e. The van der Waals surface area contributed by atoms with E-state index in [2.05, 4.69) is 27.5 Å². The van der Waals surface area contributed by atoms with Crippen molar-refractivity contribution in [3.05, 3.63) is 47.4 Å². The van der Waals surface area contributed by atoms with E-state index in [9.17, 15) is 4.79 Å². The molecule has 1 aromatic heterocycles. The van der Waals surface area contributed by atoms with E-state index in [-0.39, 0.29) is 5.91 Å². The number of aromatic nitrogens is 2. The largest absolute Gasteiger partial charge is 0.369 e. The third kappa shape index (κ3) is 3.78. The quantitative estimate of drug-likeness (QED) is 0.885. The van der Waals surface area contributed by atoms with Gasteiger partial charge in [-0.1, -0.05) is 25.1 Å². The van der Waals surface area contributed by atoms with Gasteiger partial charge >= 0.3 is 0 Å². The van der Waals surface area contributed by atoms with Gasteiger partial charge in [0.15, 0.2) is 0 Å². The van der Waals surface area contributed by atoms with Crippen LogP contribution in [0.1, 0.15) is 35.0 Å². The van der Waals surface area contributed by atoms with Crippen molar-refractivity contribution in [1.29, 1.82) is 0 Å². The number of para-hydroxylation sites is 1. The monoisotopic (exact) mass is 284 g/mol. The summed E-state index contributed by atoms with van der Waals surface area (Å²) in [7, 11) is 0. The molecule has 0 aliphatic carbocycles.